The molecule has 0 radical (unpaired) electrons. The molecule has 0 aromatic rings. The van der Waals surface area contributed by atoms with Gasteiger partial charge in [-0.1, -0.05) is 6.92 Å². The summed E-state index contributed by atoms with van der Waals surface area (Å²) in [5.74, 6) is 0. The molecule has 0 aliphatic rings. The van der Waals surface area contributed by atoms with Crippen LogP contribution in [0.15, 0.2) is 0 Å². The summed E-state index contributed by atoms with van der Waals surface area (Å²) in [6.45, 7) is 6.17. The predicted octanol–water partition coefficient (Wildman–Crippen LogP) is -0.442. The Balaban J connectivity index is 4.25. The van der Waals surface area contributed by atoms with Crippen LogP contribution in [0.5, 0.6) is 0 Å². The molecule has 0 atom stereocenters. The molecule has 0 heterocycles. The lowest BCUT2D eigenvalue weighted by Crippen LogP contribution is -2.49. The van der Waals surface area contributed by atoms with Gasteiger partial charge in [0.25, 0.3) is 10.2 Å². The first kappa shape index (κ1) is 12.8. The third-order valence-electron chi connectivity index (χ3n) is 1.51. The largest absolute Gasteiger partial charge is 0.330 e. The predicted molar refractivity (Wildman–Crippen MR) is 53.5 cm³/mol. The van der Waals surface area contributed by atoms with Crippen LogP contribution in [0, 0.1) is 0 Å². The molecule has 0 saturated carbocycles. The van der Waals surface area contributed by atoms with Gasteiger partial charge in [-0.2, -0.15) is 13.1 Å². The van der Waals surface area contributed by atoms with Crippen LogP contribution in [0.2, 0.25) is 0 Å². The van der Waals surface area contributed by atoms with Crippen molar-refractivity contribution in [2.45, 2.75) is 32.7 Å². The number of rotatable bonds is 6. The van der Waals surface area contributed by atoms with Crippen LogP contribution >= 0.6 is 0 Å². The van der Waals surface area contributed by atoms with Gasteiger partial charge in [0.2, 0.25) is 0 Å². The molecule has 0 aliphatic carbocycles. The molecule has 0 rings (SSSR count). The quantitative estimate of drug-likeness (QED) is 0.554. The SMILES string of the molecule is CCNS(=O)(=O)NC(C)(C)CCN. The maximum absolute atomic E-state index is 11.3. The van der Waals surface area contributed by atoms with E-state index in [4.69, 9.17) is 5.73 Å². The molecule has 0 spiro atoms. The Kier molecular flexibility index (Phi) is 4.83. The van der Waals surface area contributed by atoms with Gasteiger partial charge in [0, 0.05) is 12.1 Å². The Morgan fingerprint density at radius 3 is 2.31 bits per heavy atom. The highest BCUT2D eigenvalue weighted by molar-refractivity contribution is 7.87. The van der Waals surface area contributed by atoms with Crippen molar-refractivity contribution < 1.29 is 8.42 Å². The summed E-state index contributed by atoms with van der Waals surface area (Å²) in [6.07, 6.45) is 0.609. The minimum absolute atomic E-state index is 0.383. The van der Waals surface area contributed by atoms with Crippen molar-refractivity contribution in [3.8, 4) is 0 Å². The Morgan fingerprint density at radius 1 is 1.38 bits per heavy atom. The topological polar surface area (TPSA) is 84.2 Å². The van der Waals surface area contributed by atoms with E-state index in [0.717, 1.165) is 0 Å². The molecule has 0 aromatic heterocycles. The minimum Gasteiger partial charge on any atom is -0.330 e. The molecule has 13 heavy (non-hydrogen) atoms. The maximum atomic E-state index is 11.3. The first-order chi connectivity index (χ1) is 5.83. The van der Waals surface area contributed by atoms with Gasteiger partial charge in [0.05, 0.1) is 0 Å². The summed E-state index contributed by atoms with van der Waals surface area (Å²) in [5.41, 5.74) is 4.86. The van der Waals surface area contributed by atoms with Crippen LogP contribution in [0.4, 0.5) is 0 Å². The fraction of sp³-hybridized carbons (Fsp3) is 1.00. The van der Waals surface area contributed by atoms with Crippen molar-refractivity contribution in [1.82, 2.24) is 9.44 Å². The maximum Gasteiger partial charge on any atom is 0.277 e. The summed E-state index contributed by atoms with van der Waals surface area (Å²) in [5, 5.41) is 0. The van der Waals surface area contributed by atoms with Crippen LogP contribution in [0.25, 0.3) is 0 Å². The zero-order valence-corrected chi connectivity index (χ0v) is 9.24. The Labute approximate surface area is 80.3 Å². The number of hydrogen-bond acceptors (Lipinski definition) is 3. The van der Waals surface area contributed by atoms with Crippen LogP contribution in [-0.2, 0) is 10.2 Å². The van der Waals surface area contributed by atoms with E-state index in [2.05, 4.69) is 9.44 Å². The summed E-state index contributed by atoms with van der Waals surface area (Å²) < 4.78 is 27.4. The molecule has 0 amide bonds. The van der Waals surface area contributed by atoms with E-state index < -0.39 is 15.7 Å². The van der Waals surface area contributed by atoms with Gasteiger partial charge in [-0.15, -0.1) is 0 Å². The monoisotopic (exact) mass is 209 g/mol. The second-order valence-corrected chi connectivity index (χ2v) is 5.03. The summed E-state index contributed by atoms with van der Waals surface area (Å²) >= 11 is 0. The molecule has 6 heteroatoms. The molecule has 0 saturated heterocycles. The highest BCUT2D eigenvalue weighted by Gasteiger charge is 2.22. The molecule has 0 bridgehead atoms. The number of nitrogens with two attached hydrogens (primary N) is 1. The lowest BCUT2D eigenvalue weighted by Gasteiger charge is -2.25. The van der Waals surface area contributed by atoms with Crippen molar-refractivity contribution in [2.24, 2.45) is 5.73 Å². The average Bonchev–Trinajstić information content (AvgIpc) is 1.82. The van der Waals surface area contributed by atoms with Crippen molar-refractivity contribution in [3.05, 3.63) is 0 Å². The third-order valence-corrected chi connectivity index (χ3v) is 3.00. The van der Waals surface area contributed by atoms with Crippen molar-refractivity contribution >= 4 is 10.2 Å². The highest BCUT2D eigenvalue weighted by Crippen LogP contribution is 2.07. The van der Waals surface area contributed by atoms with E-state index in [9.17, 15) is 8.42 Å². The van der Waals surface area contributed by atoms with E-state index in [1.54, 1.807) is 20.8 Å². The first-order valence-electron chi connectivity index (χ1n) is 4.31. The number of nitrogens with one attached hydrogen (secondary N) is 2. The standard InChI is InChI=1S/C7H19N3O2S/c1-4-9-13(11,12)10-7(2,3)5-6-8/h9-10H,4-6,8H2,1-3H3. The first-order valence-corrected chi connectivity index (χ1v) is 5.80. The Morgan fingerprint density at radius 2 is 1.92 bits per heavy atom. The molecule has 4 N–H and O–H groups in total. The highest BCUT2D eigenvalue weighted by atomic mass is 32.2. The van der Waals surface area contributed by atoms with E-state index >= 15 is 0 Å². The minimum atomic E-state index is -3.37. The van der Waals surface area contributed by atoms with Crippen molar-refractivity contribution in [2.75, 3.05) is 13.1 Å². The van der Waals surface area contributed by atoms with Gasteiger partial charge in [0.1, 0.15) is 0 Å². The smallest absolute Gasteiger partial charge is 0.277 e. The summed E-state index contributed by atoms with van der Waals surface area (Å²) in [7, 11) is -3.37. The third kappa shape index (κ3) is 5.98. The van der Waals surface area contributed by atoms with Gasteiger partial charge < -0.3 is 5.73 Å². The fourth-order valence-electron chi connectivity index (χ4n) is 1.00. The zero-order chi connectivity index (χ0) is 10.5. The van der Waals surface area contributed by atoms with Crippen molar-refractivity contribution in [3.63, 3.8) is 0 Å². The summed E-state index contributed by atoms with van der Waals surface area (Å²) in [4.78, 5) is 0. The molecule has 5 nitrogen and oxygen atoms in total. The average molecular weight is 209 g/mol. The molecule has 0 aliphatic heterocycles. The normalized spacial score (nSPS) is 13.2. The van der Waals surface area contributed by atoms with E-state index in [-0.39, 0.29) is 0 Å². The van der Waals surface area contributed by atoms with E-state index in [1.807, 2.05) is 0 Å². The zero-order valence-electron chi connectivity index (χ0n) is 8.42. The van der Waals surface area contributed by atoms with E-state index in [0.29, 0.717) is 19.5 Å². The fourth-order valence-corrected chi connectivity index (χ4v) is 2.28. The Hall–Kier alpha value is -0.170. The van der Waals surface area contributed by atoms with Gasteiger partial charge >= 0.3 is 0 Å². The van der Waals surface area contributed by atoms with Crippen LogP contribution in [0.1, 0.15) is 27.2 Å². The molecule has 0 aromatic carbocycles. The molecular formula is C7H19N3O2S. The van der Waals surface area contributed by atoms with E-state index in [1.165, 1.54) is 0 Å². The van der Waals surface area contributed by atoms with Gasteiger partial charge in [-0.3, -0.25) is 0 Å². The van der Waals surface area contributed by atoms with Gasteiger partial charge in [-0.25, -0.2) is 4.72 Å². The molecule has 80 valence electrons. The van der Waals surface area contributed by atoms with Gasteiger partial charge in [0.15, 0.2) is 0 Å². The molecule has 0 unspecified atom stereocenters. The van der Waals surface area contributed by atoms with Crippen LogP contribution in [0.3, 0.4) is 0 Å². The summed E-state index contributed by atoms with van der Waals surface area (Å²) in [6, 6.07) is 0. The van der Waals surface area contributed by atoms with Gasteiger partial charge in [-0.05, 0) is 26.8 Å². The van der Waals surface area contributed by atoms with Crippen LogP contribution in [-0.4, -0.2) is 27.0 Å². The lowest BCUT2D eigenvalue weighted by atomic mass is 10.0. The second kappa shape index (κ2) is 4.90. The Bertz CT molecular complexity index is 236. The second-order valence-electron chi connectivity index (χ2n) is 3.53. The number of hydrogen-bond donors (Lipinski definition) is 3. The lowest BCUT2D eigenvalue weighted by molar-refractivity contribution is 0.424. The van der Waals surface area contributed by atoms with Crippen LogP contribution < -0.4 is 15.2 Å². The van der Waals surface area contributed by atoms with Crippen molar-refractivity contribution in [1.29, 1.82) is 0 Å². The molecule has 0 fully saturated rings. The molecular weight excluding hydrogens is 190 g/mol.